The minimum Gasteiger partial charge on any atom is -0.489 e. The summed E-state index contributed by atoms with van der Waals surface area (Å²) in [6.07, 6.45) is 1.57. The van der Waals surface area contributed by atoms with Gasteiger partial charge in [-0.15, -0.1) is 0 Å². The van der Waals surface area contributed by atoms with Crippen molar-refractivity contribution in [2.24, 2.45) is 0 Å². The Labute approximate surface area is 171 Å². The van der Waals surface area contributed by atoms with E-state index in [1.807, 2.05) is 71.3 Å². The lowest BCUT2D eigenvalue weighted by Crippen LogP contribution is -2.48. The van der Waals surface area contributed by atoms with E-state index in [1.54, 1.807) is 0 Å². The highest BCUT2D eigenvalue weighted by molar-refractivity contribution is 5.95. The Morgan fingerprint density at radius 1 is 1.07 bits per heavy atom. The highest BCUT2D eigenvalue weighted by atomic mass is 16.5. The number of carboxylic acids is 1. The van der Waals surface area contributed by atoms with Crippen molar-refractivity contribution in [2.75, 3.05) is 26.2 Å². The average molecular weight is 396 g/mol. The largest absolute Gasteiger partial charge is 0.489 e. The first kappa shape index (κ1) is 20.9. The molecule has 154 valence electrons. The lowest BCUT2D eigenvalue weighted by molar-refractivity contribution is -0.139. The molecule has 0 bridgehead atoms. The highest BCUT2D eigenvalue weighted by Gasteiger charge is 2.28. The van der Waals surface area contributed by atoms with Crippen LogP contribution in [0.25, 0.3) is 0 Å². The number of piperidine rings is 1. The topological polar surface area (TPSA) is 70.1 Å². The summed E-state index contributed by atoms with van der Waals surface area (Å²) in [6.45, 7) is 4.33. The lowest BCUT2D eigenvalue weighted by atomic mass is 10.0. The van der Waals surface area contributed by atoms with Crippen LogP contribution in [0.3, 0.4) is 0 Å². The summed E-state index contributed by atoms with van der Waals surface area (Å²) in [6, 6.07) is 17.3. The Morgan fingerprint density at radius 2 is 1.72 bits per heavy atom. The van der Waals surface area contributed by atoms with Crippen molar-refractivity contribution >= 4 is 11.9 Å². The smallest absolute Gasteiger partial charge is 0.317 e. The molecule has 1 N–H and O–H groups in total. The third-order valence-electron chi connectivity index (χ3n) is 5.40. The van der Waals surface area contributed by atoms with Crippen molar-refractivity contribution in [2.45, 2.75) is 32.4 Å². The van der Waals surface area contributed by atoms with Gasteiger partial charge in [0.15, 0.2) is 0 Å². The molecule has 0 aromatic heterocycles. The molecular weight excluding hydrogens is 368 g/mol. The first-order chi connectivity index (χ1) is 14.1. The number of carboxylic acid groups (broad SMARTS) is 1. The van der Waals surface area contributed by atoms with E-state index < -0.39 is 5.97 Å². The number of para-hydroxylation sites is 1. The number of likely N-dealkylation sites (N-methyl/N-ethyl adjacent to an activating group) is 1. The number of ether oxygens (including phenoxy) is 1. The SMILES string of the molecule is CCN(CC(=O)O)C1CCN(C(=O)c2ccccc2COc2ccccc2)CC1. The summed E-state index contributed by atoms with van der Waals surface area (Å²) in [5.74, 6) is -0.0247. The molecule has 1 fully saturated rings. The number of aliphatic carboxylic acids is 1. The quantitative estimate of drug-likeness (QED) is 0.742. The molecule has 1 amide bonds. The van der Waals surface area contributed by atoms with Crippen molar-refractivity contribution in [1.29, 1.82) is 0 Å². The van der Waals surface area contributed by atoms with Crippen molar-refractivity contribution in [3.8, 4) is 5.75 Å². The van der Waals surface area contributed by atoms with Gasteiger partial charge in [-0.25, -0.2) is 0 Å². The maximum absolute atomic E-state index is 13.1. The Kier molecular flexibility index (Phi) is 7.25. The number of hydrogen-bond acceptors (Lipinski definition) is 4. The monoisotopic (exact) mass is 396 g/mol. The minimum atomic E-state index is -0.808. The number of nitrogens with zero attached hydrogens (tertiary/aromatic N) is 2. The van der Waals surface area contributed by atoms with Crippen LogP contribution in [0.2, 0.25) is 0 Å². The average Bonchev–Trinajstić information content (AvgIpc) is 2.76. The van der Waals surface area contributed by atoms with E-state index in [-0.39, 0.29) is 18.5 Å². The molecule has 0 atom stereocenters. The number of likely N-dealkylation sites (tertiary alicyclic amines) is 1. The fourth-order valence-electron chi connectivity index (χ4n) is 3.81. The number of amides is 1. The molecule has 0 spiro atoms. The molecule has 1 aliphatic heterocycles. The molecule has 29 heavy (non-hydrogen) atoms. The maximum Gasteiger partial charge on any atom is 0.317 e. The van der Waals surface area contributed by atoms with Crippen LogP contribution in [-0.4, -0.2) is 59.0 Å². The first-order valence-electron chi connectivity index (χ1n) is 10.1. The molecule has 1 heterocycles. The van der Waals surface area contributed by atoms with Crippen LogP contribution in [0, 0.1) is 0 Å². The summed E-state index contributed by atoms with van der Waals surface area (Å²) in [4.78, 5) is 28.0. The van der Waals surface area contributed by atoms with Crippen molar-refractivity contribution < 1.29 is 19.4 Å². The maximum atomic E-state index is 13.1. The van der Waals surface area contributed by atoms with Gasteiger partial charge >= 0.3 is 5.97 Å². The molecule has 3 rings (SSSR count). The van der Waals surface area contributed by atoms with Crippen molar-refractivity contribution in [3.63, 3.8) is 0 Å². The second kappa shape index (κ2) is 10.1. The van der Waals surface area contributed by atoms with E-state index in [0.717, 1.165) is 24.2 Å². The fourth-order valence-corrected chi connectivity index (χ4v) is 3.81. The zero-order chi connectivity index (χ0) is 20.6. The number of carbonyl (C=O) groups is 2. The third-order valence-corrected chi connectivity index (χ3v) is 5.40. The van der Waals surface area contributed by atoms with Gasteiger partial charge < -0.3 is 14.7 Å². The molecule has 6 nitrogen and oxygen atoms in total. The summed E-state index contributed by atoms with van der Waals surface area (Å²) in [5.41, 5.74) is 1.53. The summed E-state index contributed by atoms with van der Waals surface area (Å²) in [7, 11) is 0. The van der Waals surface area contributed by atoms with Crippen LogP contribution < -0.4 is 4.74 Å². The molecule has 2 aromatic rings. The Bertz CT molecular complexity index is 817. The zero-order valence-electron chi connectivity index (χ0n) is 16.8. The molecule has 1 saturated heterocycles. The normalized spacial score (nSPS) is 14.8. The third kappa shape index (κ3) is 5.57. The van der Waals surface area contributed by atoms with E-state index in [2.05, 4.69) is 0 Å². The van der Waals surface area contributed by atoms with Crippen molar-refractivity contribution in [1.82, 2.24) is 9.80 Å². The van der Waals surface area contributed by atoms with Crippen LogP contribution in [-0.2, 0) is 11.4 Å². The number of rotatable bonds is 8. The van der Waals surface area contributed by atoms with Gasteiger partial charge in [-0.2, -0.15) is 0 Å². The minimum absolute atomic E-state index is 0.0111. The van der Waals surface area contributed by atoms with E-state index in [9.17, 15) is 9.59 Å². The van der Waals surface area contributed by atoms with E-state index >= 15 is 0 Å². The van der Waals surface area contributed by atoms with Crippen LogP contribution in [0.1, 0.15) is 35.7 Å². The Balaban J connectivity index is 1.62. The Hall–Kier alpha value is -2.86. The molecule has 0 unspecified atom stereocenters. The van der Waals surface area contributed by atoms with Gasteiger partial charge in [0, 0.05) is 30.3 Å². The summed E-state index contributed by atoms with van der Waals surface area (Å²) in [5, 5.41) is 9.08. The molecule has 0 saturated carbocycles. The van der Waals surface area contributed by atoms with Gasteiger partial charge in [0.2, 0.25) is 0 Å². The molecule has 0 radical (unpaired) electrons. The predicted octanol–water partition coefficient (Wildman–Crippen LogP) is 3.28. The van der Waals surface area contributed by atoms with Gasteiger partial charge in [-0.3, -0.25) is 14.5 Å². The molecule has 0 aliphatic carbocycles. The lowest BCUT2D eigenvalue weighted by Gasteiger charge is -2.37. The Morgan fingerprint density at radius 3 is 2.38 bits per heavy atom. The summed E-state index contributed by atoms with van der Waals surface area (Å²) >= 11 is 0. The number of hydrogen-bond donors (Lipinski definition) is 1. The van der Waals surface area contributed by atoms with Gasteiger partial charge in [0.1, 0.15) is 12.4 Å². The van der Waals surface area contributed by atoms with Gasteiger partial charge in [-0.1, -0.05) is 43.3 Å². The summed E-state index contributed by atoms with van der Waals surface area (Å²) < 4.78 is 5.84. The van der Waals surface area contributed by atoms with Crippen molar-refractivity contribution in [3.05, 3.63) is 65.7 Å². The predicted molar refractivity (Wildman–Crippen MR) is 111 cm³/mol. The second-order valence-electron chi connectivity index (χ2n) is 7.24. The first-order valence-corrected chi connectivity index (χ1v) is 10.1. The van der Waals surface area contributed by atoms with Gasteiger partial charge in [0.05, 0.1) is 6.54 Å². The highest BCUT2D eigenvalue weighted by Crippen LogP contribution is 2.21. The molecule has 1 aliphatic rings. The van der Waals surface area contributed by atoms with E-state index in [1.165, 1.54) is 0 Å². The zero-order valence-corrected chi connectivity index (χ0v) is 16.8. The molecular formula is C23H28N2O4. The second-order valence-corrected chi connectivity index (χ2v) is 7.24. The van der Waals surface area contributed by atoms with Gasteiger partial charge in [-0.05, 0) is 37.6 Å². The standard InChI is InChI=1S/C23H28N2O4/c1-2-24(16-22(26)27)19-12-14-25(15-13-19)23(28)21-11-7-6-8-18(21)17-29-20-9-4-3-5-10-20/h3-11,19H,2,12-17H2,1H3,(H,26,27). The van der Waals surface area contributed by atoms with Crippen LogP contribution >= 0.6 is 0 Å². The number of carbonyl (C=O) groups excluding carboxylic acids is 1. The molecule has 6 heteroatoms. The van der Waals surface area contributed by atoms with Gasteiger partial charge in [0.25, 0.3) is 5.91 Å². The van der Waals surface area contributed by atoms with Crippen LogP contribution in [0.4, 0.5) is 0 Å². The molecule has 2 aromatic carbocycles. The van der Waals surface area contributed by atoms with E-state index in [4.69, 9.17) is 9.84 Å². The number of benzene rings is 2. The fraction of sp³-hybridized carbons (Fsp3) is 0.391. The van der Waals surface area contributed by atoms with E-state index in [0.29, 0.717) is 31.8 Å². The van der Waals surface area contributed by atoms with Crippen LogP contribution in [0.15, 0.2) is 54.6 Å². The van der Waals surface area contributed by atoms with Crippen LogP contribution in [0.5, 0.6) is 5.75 Å².